The van der Waals surface area contributed by atoms with Gasteiger partial charge in [0, 0.05) is 0 Å². The summed E-state index contributed by atoms with van der Waals surface area (Å²) < 4.78 is 24.1. The van der Waals surface area contributed by atoms with E-state index in [4.69, 9.17) is 5.11 Å². The molecule has 0 amide bonds. The molecule has 0 aromatic heterocycles. The van der Waals surface area contributed by atoms with E-state index in [2.05, 4.69) is 11.6 Å². The molecule has 1 N–H and O–H groups in total. The van der Waals surface area contributed by atoms with Gasteiger partial charge in [0.15, 0.2) is 0 Å². The van der Waals surface area contributed by atoms with E-state index >= 15 is 0 Å². The molecule has 0 radical (unpaired) electrons. The summed E-state index contributed by atoms with van der Waals surface area (Å²) in [5.41, 5.74) is 0. The summed E-state index contributed by atoms with van der Waals surface area (Å²) >= 11 is 4.58. The highest BCUT2D eigenvalue weighted by Crippen LogP contribution is 2.26. The van der Waals surface area contributed by atoms with Crippen molar-refractivity contribution in [3.8, 4) is 0 Å². The second-order valence-electron chi connectivity index (χ2n) is 2.55. The Morgan fingerprint density at radius 3 is 2.36 bits per heavy atom. The minimum absolute atomic E-state index is 0.0737. The topological polar surface area (TPSA) is 20.2 Å². The summed E-state index contributed by atoms with van der Waals surface area (Å²) in [5.74, 6) is 0. The van der Waals surface area contributed by atoms with Gasteiger partial charge >= 0.3 is 5.38 Å². The molecule has 0 fully saturated rings. The maximum atomic E-state index is 12.1. The molecule has 0 aliphatic heterocycles. The molecular formula is C7H13ClF2O. The van der Waals surface area contributed by atoms with Gasteiger partial charge in [-0.25, -0.2) is 0 Å². The zero-order valence-electron chi connectivity index (χ0n) is 6.49. The van der Waals surface area contributed by atoms with Gasteiger partial charge in [-0.3, -0.25) is 0 Å². The fraction of sp³-hybridized carbons (Fsp3) is 1.00. The molecule has 0 saturated carbocycles. The highest BCUT2D eigenvalue weighted by atomic mass is 35.5. The Balaban J connectivity index is 3.44. The van der Waals surface area contributed by atoms with Crippen LogP contribution < -0.4 is 0 Å². The highest BCUT2D eigenvalue weighted by molar-refractivity contribution is 6.22. The monoisotopic (exact) mass is 186 g/mol. The van der Waals surface area contributed by atoms with E-state index in [-0.39, 0.29) is 6.42 Å². The van der Waals surface area contributed by atoms with Crippen molar-refractivity contribution >= 4 is 11.6 Å². The second kappa shape index (κ2) is 4.88. The fourth-order valence-corrected chi connectivity index (χ4v) is 0.860. The Hall–Kier alpha value is 0.110. The molecule has 0 bridgehead atoms. The van der Waals surface area contributed by atoms with Crippen molar-refractivity contribution in [2.24, 2.45) is 0 Å². The lowest BCUT2D eigenvalue weighted by molar-refractivity contribution is -0.0452. The van der Waals surface area contributed by atoms with Crippen molar-refractivity contribution < 1.29 is 13.9 Å². The Morgan fingerprint density at radius 1 is 1.45 bits per heavy atom. The first-order chi connectivity index (χ1) is 4.98. The Morgan fingerprint density at radius 2 is 2.00 bits per heavy atom. The molecule has 0 spiro atoms. The number of hydrogen-bond acceptors (Lipinski definition) is 1. The summed E-state index contributed by atoms with van der Waals surface area (Å²) in [6.45, 7) is 1.96. The van der Waals surface area contributed by atoms with Crippen LogP contribution in [0.3, 0.4) is 0 Å². The highest BCUT2D eigenvalue weighted by Gasteiger charge is 2.34. The van der Waals surface area contributed by atoms with Crippen LogP contribution in [0.4, 0.5) is 8.78 Å². The van der Waals surface area contributed by atoms with Gasteiger partial charge in [0.05, 0.1) is 0 Å². The van der Waals surface area contributed by atoms with Crippen molar-refractivity contribution in [2.75, 3.05) is 0 Å². The summed E-state index contributed by atoms with van der Waals surface area (Å²) in [7, 11) is 0. The normalized spacial score (nSPS) is 15.0. The third-order valence-electron chi connectivity index (χ3n) is 1.46. The first-order valence-electron chi connectivity index (χ1n) is 3.73. The van der Waals surface area contributed by atoms with Crippen LogP contribution in [-0.4, -0.2) is 16.6 Å². The summed E-state index contributed by atoms with van der Waals surface area (Å²) in [6, 6.07) is 0. The minimum Gasteiger partial charge on any atom is -0.385 e. The zero-order valence-corrected chi connectivity index (χ0v) is 7.24. The summed E-state index contributed by atoms with van der Waals surface area (Å²) in [6.07, 6.45) is 0.769. The molecule has 0 aliphatic rings. The number of hydrogen-bond donors (Lipinski definition) is 1. The van der Waals surface area contributed by atoms with Crippen molar-refractivity contribution in [1.29, 1.82) is 0 Å². The number of alkyl halides is 3. The van der Waals surface area contributed by atoms with E-state index in [0.717, 1.165) is 12.8 Å². The third-order valence-corrected chi connectivity index (χ3v) is 1.71. The number of unbranched alkanes of at least 4 members (excludes halogenated alkanes) is 2. The number of halogens is 3. The van der Waals surface area contributed by atoms with E-state index < -0.39 is 11.5 Å². The van der Waals surface area contributed by atoms with E-state index in [9.17, 15) is 8.78 Å². The standard InChI is InChI=1S/C7H13ClF2O/c1-2-3-4-5-6(11)7(8,9)10/h6,11H,2-5H2,1H3. The minimum atomic E-state index is -3.46. The molecule has 0 aromatic carbocycles. The lowest BCUT2D eigenvalue weighted by Gasteiger charge is -2.14. The van der Waals surface area contributed by atoms with Gasteiger partial charge in [-0.1, -0.05) is 26.2 Å². The van der Waals surface area contributed by atoms with Gasteiger partial charge in [0.1, 0.15) is 6.10 Å². The summed E-state index contributed by atoms with van der Waals surface area (Å²) in [4.78, 5) is 0. The zero-order chi connectivity index (χ0) is 8.91. The Bertz CT molecular complexity index is 103. The predicted molar refractivity (Wildman–Crippen MR) is 40.9 cm³/mol. The molecule has 0 aromatic rings. The molecule has 68 valence electrons. The molecule has 0 heterocycles. The van der Waals surface area contributed by atoms with Crippen molar-refractivity contribution in [1.82, 2.24) is 0 Å². The molecule has 0 rings (SSSR count). The predicted octanol–water partition coefficient (Wildman–Crippen LogP) is 2.76. The van der Waals surface area contributed by atoms with Gasteiger partial charge in [-0.2, -0.15) is 8.78 Å². The Labute approximate surface area is 70.4 Å². The average Bonchev–Trinajstić information content (AvgIpc) is 1.86. The number of aliphatic hydroxyl groups is 1. The van der Waals surface area contributed by atoms with E-state index in [0.29, 0.717) is 6.42 Å². The van der Waals surface area contributed by atoms with Crippen LogP contribution >= 0.6 is 11.6 Å². The lowest BCUT2D eigenvalue weighted by atomic mass is 10.1. The fourth-order valence-electron chi connectivity index (χ4n) is 0.751. The number of rotatable bonds is 5. The molecule has 0 saturated heterocycles. The first-order valence-corrected chi connectivity index (χ1v) is 4.11. The summed E-state index contributed by atoms with van der Waals surface area (Å²) in [5, 5.41) is 5.27. The third kappa shape index (κ3) is 5.39. The lowest BCUT2D eigenvalue weighted by Crippen LogP contribution is -2.26. The smallest absolute Gasteiger partial charge is 0.347 e. The van der Waals surface area contributed by atoms with Crippen LogP contribution in [0.1, 0.15) is 32.6 Å². The van der Waals surface area contributed by atoms with Crippen LogP contribution in [0, 0.1) is 0 Å². The van der Waals surface area contributed by atoms with Gasteiger partial charge in [-0.05, 0) is 18.0 Å². The van der Waals surface area contributed by atoms with Crippen LogP contribution in [0.5, 0.6) is 0 Å². The van der Waals surface area contributed by atoms with Crippen molar-refractivity contribution in [3.63, 3.8) is 0 Å². The van der Waals surface area contributed by atoms with Crippen LogP contribution in [0.2, 0.25) is 0 Å². The maximum absolute atomic E-state index is 12.1. The largest absolute Gasteiger partial charge is 0.385 e. The quantitative estimate of drug-likeness (QED) is 0.517. The van der Waals surface area contributed by atoms with Crippen LogP contribution in [0.25, 0.3) is 0 Å². The Kier molecular flexibility index (Phi) is 4.93. The SMILES string of the molecule is CCCCCC(O)C(F)(F)Cl. The molecule has 1 unspecified atom stereocenters. The second-order valence-corrected chi connectivity index (χ2v) is 3.06. The first kappa shape index (κ1) is 11.1. The molecule has 1 nitrogen and oxygen atoms in total. The number of aliphatic hydroxyl groups excluding tert-OH is 1. The van der Waals surface area contributed by atoms with Crippen LogP contribution in [-0.2, 0) is 0 Å². The van der Waals surface area contributed by atoms with Gasteiger partial charge in [0.2, 0.25) is 0 Å². The van der Waals surface area contributed by atoms with Crippen molar-refractivity contribution in [3.05, 3.63) is 0 Å². The van der Waals surface area contributed by atoms with E-state index in [1.165, 1.54) is 0 Å². The molecule has 4 heteroatoms. The van der Waals surface area contributed by atoms with E-state index in [1.54, 1.807) is 0 Å². The molecule has 11 heavy (non-hydrogen) atoms. The van der Waals surface area contributed by atoms with Gasteiger partial charge in [-0.15, -0.1) is 0 Å². The maximum Gasteiger partial charge on any atom is 0.347 e. The van der Waals surface area contributed by atoms with Gasteiger partial charge < -0.3 is 5.11 Å². The molecular weight excluding hydrogens is 174 g/mol. The van der Waals surface area contributed by atoms with E-state index in [1.807, 2.05) is 6.92 Å². The van der Waals surface area contributed by atoms with Crippen molar-refractivity contribution in [2.45, 2.75) is 44.1 Å². The molecule has 0 aliphatic carbocycles. The van der Waals surface area contributed by atoms with Gasteiger partial charge in [0.25, 0.3) is 0 Å². The molecule has 1 atom stereocenters. The van der Waals surface area contributed by atoms with Crippen LogP contribution in [0.15, 0.2) is 0 Å². The average molecular weight is 187 g/mol.